The minimum Gasteiger partial charge on any atom is -0.358 e. The molecule has 5 nitrogen and oxygen atoms in total. The molecule has 2 amide bonds. The van der Waals surface area contributed by atoms with Gasteiger partial charge in [0.25, 0.3) is 11.8 Å². The lowest BCUT2D eigenvalue weighted by molar-refractivity contribution is -0.137. The zero-order valence-corrected chi connectivity index (χ0v) is 17.8. The molecule has 8 heteroatoms. The van der Waals surface area contributed by atoms with Gasteiger partial charge in [0.15, 0.2) is 0 Å². The van der Waals surface area contributed by atoms with Crippen LogP contribution in [0.4, 0.5) is 18.9 Å². The first kappa shape index (κ1) is 22.7. The fraction of sp³-hybridized carbons (Fsp3) is 0.391. The van der Waals surface area contributed by atoms with Gasteiger partial charge in [-0.15, -0.1) is 0 Å². The lowest BCUT2D eigenvalue weighted by Crippen LogP contribution is -2.25. The van der Waals surface area contributed by atoms with Gasteiger partial charge in [0.05, 0.1) is 16.7 Å². The summed E-state index contributed by atoms with van der Waals surface area (Å²) in [4.78, 5) is 28.2. The number of aryl methyl sites for hydroxylation is 1. The smallest absolute Gasteiger partial charge is 0.358 e. The third-order valence-electron chi connectivity index (χ3n) is 5.44. The van der Waals surface area contributed by atoms with E-state index in [0.717, 1.165) is 37.8 Å². The largest absolute Gasteiger partial charge is 0.416 e. The number of hydrogen-bond donors (Lipinski definition) is 3. The number of H-pyrrole nitrogens is 1. The van der Waals surface area contributed by atoms with E-state index < -0.39 is 17.6 Å². The van der Waals surface area contributed by atoms with Gasteiger partial charge in [0, 0.05) is 29.2 Å². The number of fused-ring (bicyclic) bond motifs is 1. The van der Waals surface area contributed by atoms with Crippen LogP contribution in [0.3, 0.4) is 0 Å². The maximum absolute atomic E-state index is 13.0. The maximum Gasteiger partial charge on any atom is 0.416 e. The van der Waals surface area contributed by atoms with Crippen molar-refractivity contribution < 1.29 is 22.8 Å². The number of aromatic nitrogens is 1. The molecule has 2 aromatic rings. The third-order valence-corrected chi connectivity index (χ3v) is 5.44. The lowest BCUT2D eigenvalue weighted by Gasteiger charge is -2.08. The standard InChI is InChI=1S/C23H26F3N3O2/c1-4-5-6-7-10-27-22(31)20-13(2)18(28-14(20)3)12-17-16-9-8-15(23(24,25)26)11-19(16)29-21(17)30/h8-9,11-12,28H,4-7,10H2,1-3H3,(H,27,31)(H,29,30)/b17-12-. The Kier molecular flexibility index (Phi) is 6.57. The van der Waals surface area contributed by atoms with Crippen molar-refractivity contribution in [2.24, 2.45) is 0 Å². The van der Waals surface area contributed by atoms with Crippen LogP contribution in [0.5, 0.6) is 0 Å². The molecule has 0 aliphatic carbocycles. The second-order valence-corrected chi connectivity index (χ2v) is 7.75. The number of anilines is 1. The van der Waals surface area contributed by atoms with Crippen molar-refractivity contribution in [3.63, 3.8) is 0 Å². The number of hydrogen-bond acceptors (Lipinski definition) is 2. The predicted molar refractivity (Wildman–Crippen MR) is 115 cm³/mol. The molecule has 3 rings (SSSR count). The van der Waals surface area contributed by atoms with Crippen molar-refractivity contribution in [1.82, 2.24) is 10.3 Å². The molecule has 31 heavy (non-hydrogen) atoms. The van der Waals surface area contributed by atoms with E-state index in [0.29, 0.717) is 34.6 Å². The SMILES string of the molecule is CCCCCCNC(=O)c1c(C)[nH]c(/C=C2\C(=O)Nc3cc(C(F)(F)F)ccc32)c1C. The number of carbonyl (C=O) groups excluding carboxylic acids is 2. The Labute approximate surface area is 179 Å². The third kappa shape index (κ3) is 4.84. The highest BCUT2D eigenvalue weighted by molar-refractivity contribution is 6.35. The molecule has 1 aromatic carbocycles. The normalized spacial score (nSPS) is 14.6. The van der Waals surface area contributed by atoms with Gasteiger partial charge in [-0.1, -0.05) is 32.3 Å². The van der Waals surface area contributed by atoms with Crippen molar-refractivity contribution in [2.45, 2.75) is 52.6 Å². The number of unbranched alkanes of at least 4 members (excludes halogenated alkanes) is 3. The minimum absolute atomic E-state index is 0.122. The zero-order valence-electron chi connectivity index (χ0n) is 17.8. The molecule has 0 saturated heterocycles. The monoisotopic (exact) mass is 433 g/mol. The topological polar surface area (TPSA) is 74.0 Å². The summed E-state index contributed by atoms with van der Waals surface area (Å²) in [5.74, 6) is -0.665. The van der Waals surface area contributed by atoms with Gasteiger partial charge in [-0.05, 0) is 44.0 Å². The fourth-order valence-electron chi connectivity index (χ4n) is 3.76. The molecule has 0 bridgehead atoms. The lowest BCUT2D eigenvalue weighted by atomic mass is 10.0. The molecule has 2 heterocycles. The summed E-state index contributed by atoms with van der Waals surface area (Å²) in [5, 5.41) is 5.41. The van der Waals surface area contributed by atoms with Crippen molar-refractivity contribution >= 4 is 29.2 Å². The highest BCUT2D eigenvalue weighted by atomic mass is 19.4. The Morgan fingerprint density at radius 1 is 1.16 bits per heavy atom. The van der Waals surface area contributed by atoms with Crippen LogP contribution in [0, 0.1) is 13.8 Å². The van der Waals surface area contributed by atoms with Gasteiger partial charge in [-0.25, -0.2) is 0 Å². The van der Waals surface area contributed by atoms with Gasteiger partial charge in [-0.2, -0.15) is 13.2 Å². The highest BCUT2D eigenvalue weighted by Crippen LogP contribution is 2.38. The molecule has 0 unspecified atom stereocenters. The van der Waals surface area contributed by atoms with Gasteiger partial charge in [0.1, 0.15) is 0 Å². The molecular weight excluding hydrogens is 407 g/mol. The van der Waals surface area contributed by atoms with Crippen LogP contribution >= 0.6 is 0 Å². The van der Waals surface area contributed by atoms with E-state index in [9.17, 15) is 22.8 Å². The van der Waals surface area contributed by atoms with Crippen molar-refractivity contribution in [3.05, 3.63) is 51.8 Å². The summed E-state index contributed by atoms with van der Waals surface area (Å²) in [6.45, 7) is 6.28. The number of halogens is 3. The molecule has 3 N–H and O–H groups in total. The van der Waals surface area contributed by atoms with E-state index in [1.807, 2.05) is 0 Å². The summed E-state index contributed by atoms with van der Waals surface area (Å²) < 4.78 is 38.9. The van der Waals surface area contributed by atoms with Crippen molar-refractivity contribution in [3.8, 4) is 0 Å². The van der Waals surface area contributed by atoms with E-state index >= 15 is 0 Å². The van der Waals surface area contributed by atoms with Gasteiger partial charge in [0.2, 0.25) is 0 Å². The number of aromatic amines is 1. The Morgan fingerprint density at radius 2 is 1.90 bits per heavy atom. The minimum atomic E-state index is -4.49. The molecule has 166 valence electrons. The Bertz CT molecular complexity index is 1040. The molecule has 1 aromatic heterocycles. The second kappa shape index (κ2) is 8.99. The van der Waals surface area contributed by atoms with Crippen molar-refractivity contribution in [2.75, 3.05) is 11.9 Å². The quantitative estimate of drug-likeness (QED) is 0.401. The number of alkyl halides is 3. The molecule has 0 radical (unpaired) electrons. The van der Waals surface area contributed by atoms with Crippen molar-refractivity contribution in [1.29, 1.82) is 0 Å². The molecular formula is C23H26F3N3O2. The second-order valence-electron chi connectivity index (χ2n) is 7.75. The average molecular weight is 433 g/mol. The van der Waals surface area contributed by atoms with Crippen LogP contribution in [0.25, 0.3) is 11.6 Å². The average Bonchev–Trinajstić information content (AvgIpc) is 3.16. The van der Waals surface area contributed by atoms with E-state index in [2.05, 4.69) is 22.5 Å². The summed E-state index contributed by atoms with van der Waals surface area (Å²) in [6.07, 6.45) is 1.31. The van der Waals surface area contributed by atoms with Crippen LogP contribution in [-0.2, 0) is 11.0 Å². The Balaban J connectivity index is 1.84. The first-order valence-electron chi connectivity index (χ1n) is 10.4. The van der Waals surface area contributed by atoms with Crippen LogP contribution < -0.4 is 10.6 Å². The molecule has 0 saturated carbocycles. The van der Waals surface area contributed by atoms with Gasteiger partial charge < -0.3 is 15.6 Å². The summed E-state index contributed by atoms with van der Waals surface area (Å²) in [5.41, 5.74) is 2.39. The fourth-order valence-corrected chi connectivity index (χ4v) is 3.76. The molecule has 0 fully saturated rings. The summed E-state index contributed by atoms with van der Waals surface area (Å²) >= 11 is 0. The summed E-state index contributed by atoms with van der Waals surface area (Å²) in [7, 11) is 0. The first-order chi connectivity index (χ1) is 14.6. The molecule has 0 atom stereocenters. The number of benzene rings is 1. The predicted octanol–water partition coefficient (Wildman–Crippen LogP) is 5.45. The number of amides is 2. The van der Waals surface area contributed by atoms with Crippen LogP contribution in [0.15, 0.2) is 18.2 Å². The van der Waals surface area contributed by atoms with Gasteiger partial charge >= 0.3 is 6.18 Å². The van der Waals surface area contributed by atoms with Gasteiger partial charge in [-0.3, -0.25) is 9.59 Å². The molecule has 0 spiro atoms. The highest BCUT2D eigenvalue weighted by Gasteiger charge is 2.33. The maximum atomic E-state index is 13.0. The number of rotatable bonds is 7. The van der Waals surface area contributed by atoms with Crippen LogP contribution in [0.2, 0.25) is 0 Å². The van der Waals surface area contributed by atoms with E-state index in [4.69, 9.17) is 0 Å². The zero-order chi connectivity index (χ0) is 22.8. The van der Waals surface area contributed by atoms with E-state index in [1.165, 1.54) is 6.07 Å². The van der Waals surface area contributed by atoms with Crippen LogP contribution in [-0.4, -0.2) is 23.3 Å². The van der Waals surface area contributed by atoms with E-state index in [-0.39, 0.29) is 17.2 Å². The Morgan fingerprint density at radius 3 is 2.58 bits per heavy atom. The molecule has 1 aliphatic heterocycles. The number of carbonyl (C=O) groups is 2. The Hall–Kier alpha value is -3.03. The summed E-state index contributed by atoms with van der Waals surface area (Å²) in [6, 6.07) is 3.17. The van der Waals surface area contributed by atoms with E-state index in [1.54, 1.807) is 19.9 Å². The number of nitrogens with one attached hydrogen (secondary N) is 3. The van der Waals surface area contributed by atoms with Crippen LogP contribution in [0.1, 0.15) is 71.0 Å². The first-order valence-corrected chi connectivity index (χ1v) is 10.4. The molecule has 1 aliphatic rings.